The van der Waals surface area contributed by atoms with E-state index in [0.29, 0.717) is 25.9 Å². The zero-order valence-corrected chi connectivity index (χ0v) is 12.1. The van der Waals surface area contributed by atoms with Crippen LogP contribution in [0.5, 0.6) is 0 Å². The predicted octanol–water partition coefficient (Wildman–Crippen LogP) is 1.09. The molecule has 0 aliphatic rings. The molecular weight excluding hydrogens is 240 g/mol. The standard InChI is InChI=1S/C10H24N2O4Si/c1-5-14-17(15-6-2,16-7-3)8-9(4)12-10(11)13/h9H,5-8H2,1-4H3,(H3,11,12,13). The van der Waals surface area contributed by atoms with Crippen LogP contribution in [0.1, 0.15) is 27.7 Å². The lowest BCUT2D eigenvalue weighted by molar-refractivity contribution is 0.0694. The fourth-order valence-electron chi connectivity index (χ4n) is 1.63. The third-order valence-corrected chi connectivity index (χ3v) is 5.34. The summed E-state index contributed by atoms with van der Waals surface area (Å²) in [6.45, 7) is 9.11. The summed E-state index contributed by atoms with van der Waals surface area (Å²) in [7, 11) is -2.70. The van der Waals surface area contributed by atoms with E-state index in [1.165, 1.54) is 0 Å². The van der Waals surface area contributed by atoms with Gasteiger partial charge in [0, 0.05) is 31.9 Å². The summed E-state index contributed by atoms with van der Waals surface area (Å²) in [5.74, 6) is 0. The number of primary amides is 1. The molecule has 3 N–H and O–H groups in total. The average molecular weight is 264 g/mol. The third kappa shape index (κ3) is 6.62. The Morgan fingerprint density at radius 1 is 1.18 bits per heavy atom. The van der Waals surface area contributed by atoms with E-state index in [1.807, 2.05) is 27.7 Å². The molecule has 2 amide bonds. The Labute approximate surface area is 104 Å². The van der Waals surface area contributed by atoms with Gasteiger partial charge in [-0.25, -0.2) is 4.79 Å². The Hall–Kier alpha value is -0.633. The van der Waals surface area contributed by atoms with Gasteiger partial charge in [0.05, 0.1) is 0 Å². The van der Waals surface area contributed by atoms with Crippen molar-refractivity contribution < 1.29 is 18.1 Å². The van der Waals surface area contributed by atoms with E-state index in [2.05, 4.69) is 5.32 Å². The first-order valence-electron chi connectivity index (χ1n) is 5.97. The maximum Gasteiger partial charge on any atom is 0.503 e. The molecule has 0 aromatic heterocycles. The zero-order valence-electron chi connectivity index (χ0n) is 11.1. The van der Waals surface area contributed by atoms with Gasteiger partial charge in [0.15, 0.2) is 0 Å². The smallest absolute Gasteiger partial charge is 0.374 e. The molecule has 7 heteroatoms. The summed E-state index contributed by atoms with van der Waals surface area (Å²) in [6.07, 6.45) is 0. The van der Waals surface area contributed by atoms with Crippen LogP contribution in [0.2, 0.25) is 6.04 Å². The molecule has 0 aromatic rings. The number of hydrogen-bond acceptors (Lipinski definition) is 4. The summed E-state index contributed by atoms with van der Waals surface area (Å²) < 4.78 is 17.0. The van der Waals surface area contributed by atoms with Gasteiger partial charge in [0.1, 0.15) is 0 Å². The zero-order chi connectivity index (χ0) is 13.3. The quantitative estimate of drug-likeness (QED) is 0.611. The van der Waals surface area contributed by atoms with Crippen LogP contribution in [0.25, 0.3) is 0 Å². The van der Waals surface area contributed by atoms with Gasteiger partial charge in [-0.2, -0.15) is 0 Å². The van der Waals surface area contributed by atoms with Gasteiger partial charge in [0.25, 0.3) is 0 Å². The lowest BCUT2D eigenvalue weighted by Gasteiger charge is -2.30. The predicted molar refractivity (Wildman–Crippen MR) is 67.6 cm³/mol. The van der Waals surface area contributed by atoms with Crippen LogP contribution in [-0.4, -0.2) is 40.7 Å². The molecular formula is C10H24N2O4Si. The molecule has 0 rings (SSSR count). The SMILES string of the molecule is CCO[Si](CC(C)NC(N)=O)(OCC)OCC. The molecule has 0 aliphatic heterocycles. The second-order valence-electron chi connectivity index (χ2n) is 3.60. The van der Waals surface area contributed by atoms with Crippen LogP contribution in [-0.2, 0) is 13.3 Å². The van der Waals surface area contributed by atoms with Gasteiger partial charge in [-0.3, -0.25) is 0 Å². The van der Waals surface area contributed by atoms with Crippen molar-refractivity contribution in [2.24, 2.45) is 5.73 Å². The lowest BCUT2D eigenvalue weighted by atomic mass is 10.4. The van der Waals surface area contributed by atoms with Crippen LogP contribution in [0.4, 0.5) is 4.79 Å². The molecule has 1 atom stereocenters. The molecule has 17 heavy (non-hydrogen) atoms. The van der Waals surface area contributed by atoms with Crippen LogP contribution >= 0.6 is 0 Å². The summed E-state index contributed by atoms with van der Waals surface area (Å²) in [5, 5.41) is 2.61. The largest absolute Gasteiger partial charge is 0.503 e. The second-order valence-corrected chi connectivity index (χ2v) is 6.24. The van der Waals surface area contributed by atoms with Crippen molar-refractivity contribution in [2.75, 3.05) is 19.8 Å². The van der Waals surface area contributed by atoms with Gasteiger partial charge in [-0.05, 0) is 27.7 Å². The molecule has 6 nitrogen and oxygen atoms in total. The third-order valence-electron chi connectivity index (χ3n) is 2.04. The molecule has 0 aliphatic carbocycles. The number of amides is 2. The highest BCUT2D eigenvalue weighted by atomic mass is 28.4. The molecule has 0 aromatic carbocycles. The summed E-state index contributed by atoms with van der Waals surface area (Å²) >= 11 is 0. The molecule has 0 radical (unpaired) electrons. The minimum Gasteiger partial charge on any atom is -0.374 e. The maximum absolute atomic E-state index is 10.8. The van der Waals surface area contributed by atoms with Gasteiger partial charge < -0.3 is 24.3 Å². The number of hydrogen-bond donors (Lipinski definition) is 2. The Morgan fingerprint density at radius 3 is 1.88 bits per heavy atom. The number of nitrogens with two attached hydrogens (primary N) is 1. The van der Waals surface area contributed by atoms with Crippen molar-refractivity contribution in [3.05, 3.63) is 0 Å². The molecule has 102 valence electrons. The van der Waals surface area contributed by atoms with E-state index in [1.54, 1.807) is 0 Å². The van der Waals surface area contributed by atoms with E-state index < -0.39 is 14.8 Å². The van der Waals surface area contributed by atoms with Gasteiger partial charge in [-0.1, -0.05) is 0 Å². The number of nitrogens with one attached hydrogen (secondary N) is 1. The summed E-state index contributed by atoms with van der Waals surface area (Å²) in [4.78, 5) is 10.8. The topological polar surface area (TPSA) is 82.8 Å². The lowest BCUT2D eigenvalue weighted by Crippen LogP contribution is -2.51. The minimum atomic E-state index is -2.70. The Balaban J connectivity index is 4.56. The van der Waals surface area contributed by atoms with E-state index in [-0.39, 0.29) is 6.04 Å². The number of carbonyl (C=O) groups excluding carboxylic acids is 1. The second kappa shape index (κ2) is 8.46. The van der Waals surface area contributed by atoms with Gasteiger partial charge >= 0.3 is 14.8 Å². The van der Waals surface area contributed by atoms with Crippen LogP contribution < -0.4 is 11.1 Å². The van der Waals surface area contributed by atoms with E-state index in [9.17, 15) is 4.79 Å². The van der Waals surface area contributed by atoms with E-state index in [4.69, 9.17) is 19.0 Å². The molecule has 1 unspecified atom stereocenters. The first kappa shape index (κ1) is 16.4. The highest BCUT2D eigenvalue weighted by Gasteiger charge is 2.42. The number of urea groups is 1. The van der Waals surface area contributed by atoms with Crippen molar-refractivity contribution >= 4 is 14.8 Å². The molecule has 0 spiro atoms. The Bertz CT molecular complexity index is 211. The highest BCUT2D eigenvalue weighted by molar-refractivity contribution is 6.60. The number of rotatable bonds is 9. The highest BCUT2D eigenvalue weighted by Crippen LogP contribution is 2.18. The van der Waals surface area contributed by atoms with Crippen LogP contribution in [0, 0.1) is 0 Å². The van der Waals surface area contributed by atoms with Crippen molar-refractivity contribution in [2.45, 2.75) is 39.8 Å². The van der Waals surface area contributed by atoms with Crippen molar-refractivity contribution in [1.82, 2.24) is 5.32 Å². The first-order valence-corrected chi connectivity index (χ1v) is 7.90. The molecule has 0 saturated carbocycles. The van der Waals surface area contributed by atoms with Gasteiger partial charge in [0.2, 0.25) is 0 Å². The molecule has 0 bridgehead atoms. The number of carbonyl (C=O) groups is 1. The minimum absolute atomic E-state index is 0.135. The van der Waals surface area contributed by atoms with E-state index >= 15 is 0 Å². The van der Waals surface area contributed by atoms with Crippen molar-refractivity contribution in [3.8, 4) is 0 Å². The van der Waals surface area contributed by atoms with Crippen LogP contribution in [0.15, 0.2) is 0 Å². The normalized spacial score (nSPS) is 13.4. The van der Waals surface area contributed by atoms with Crippen molar-refractivity contribution in [3.63, 3.8) is 0 Å². The maximum atomic E-state index is 10.8. The summed E-state index contributed by atoms with van der Waals surface area (Å²) in [6, 6.07) is -0.167. The van der Waals surface area contributed by atoms with Gasteiger partial charge in [-0.15, -0.1) is 0 Å². The summed E-state index contributed by atoms with van der Waals surface area (Å²) in [5.41, 5.74) is 5.08. The fraction of sp³-hybridized carbons (Fsp3) is 0.900. The fourth-order valence-corrected chi connectivity index (χ4v) is 4.41. The van der Waals surface area contributed by atoms with Crippen LogP contribution in [0.3, 0.4) is 0 Å². The average Bonchev–Trinajstić information content (AvgIpc) is 2.16. The Kier molecular flexibility index (Phi) is 8.14. The van der Waals surface area contributed by atoms with E-state index in [0.717, 1.165) is 0 Å². The Morgan fingerprint density at radius 2 is 1.59 bits per heavy atom. The first-order chi connectivity index (χ1) is 7.99. The monoisotopic (exact) mass is 264 g/mol. The molecule has 0 saturated heterocycles. The van der Waals surface area contributed by atoms with Crippen molar-refractivity contribution in [1.29, 1.82) is 0 Å². The molecule has 0 fully saturated rings. The molecule has 0 heterocycles.